The molecule has 0 radical (unpaired) electrons. The van der Waals surface area contributed by atoms with Crippen molar-refractivity contribution in [3.05, 3.63) is 40.2 Å². The van der Waals surface area contributed by atoms with Crippen LogP contribution in [0, 0.1) is 0 Å². The molecule has 0 fully saturated rings. The lowest BCUT2D eigenvalue weighted by molar-refractivity contribution is 0.293. The normalized spacial score (nSPS) is 18.4. The quantitative estimate of drug-likeness (QED) is 0.582. The van der Waals surface area contributed by atoms with Crippen molar-refractivity contribution in [3.8, 4) is 5.75 Å². The number of fused-ring (bicyclic) bond motifs is 3. The molecule has 0 bridgehead atoms. The Hall–Kier alpha value is -1.04. The fourth-order valence-corrected chi connectivity index (χ4v) is 3.19. The number of alkyl halides is 1. The lowest BCUT2D eigenvalue weighted by atomic mass is 10.0. The van der Waals surface area contributed by atoms with E-state index in [0.29, 0.717) is 22.8 Å². The van der Waals surface area contributed by atoms with Crippen molar-refractivity contribution in [2.24, 2.45) is 0 Å². The Balaban J connectivity index is 2.42. The van der Waals surface area contributed by atoms with Crippen LogP contribution in [0.15, 0.2) is 29.1 Å². The molecule has 1 aliphatic heterocycles. The average Bonchev–Trinajstić information content (AvgIpc) is 2.39. The molecule has 0 amide bonds. The van der Waals surface area contributed by atoms with Gasteiger partial charge in [0.25, 0.3) is 5.56 Å². The third-order valence-corrected chi connectivity index (χ3v) is 4.18. The Morgan fingerprint density at radius 2 is 2.22 bits per heavy atom. The summed E-state index contributed by atoms with van der Waals surface area (Å²) >= 11 is 2.38. The lowest BCUT2D eigenvalue weighted by Crippen LogP contribution is -2.30. The Bertz CT molecular complexity index is 663. The van der Waals surface area contributed by atoms with Crippen molar-refractivity contribution in [3.63, 3.8) is 0 Å². The first-order valence-electron chi connectivity index (χ1n) is 6.13. The zero-order chi connectivity index (χ0) is 12.7. The summed E-state index contributed by atoms with van der Waals surface area (Å²) in [5, 5.41) is 1.15. The van der Waals surface area contributed by atoms with E-state index in [1.807, 2.05) is 25.1 Å². The van der Waals surface area contributed by atoms with E-state index < -0.39 is 0 Å². The van der Waals surface area contributed by atoms with Gasteiger partial charge >= 0.3 is 0 Å². The first kappa shape index (κ1) is 12.0. The van der Waals surface area contributed by atoms with Gasteiger partial charge in [0, 0.05) is 21.4 Å². The topological polar surface area (TPSA) is 31.2 Å². The van der Waals surface area contributed by atoms with Crippen LogP contribution in [0.5, 0.6) is 5.75 Å². The minimum atomic E-state index is 0.00880. The van der Waals surface area contributed by atoms with Crippen molar-refractivity contribution in [2.45, 2.75) is 23.8 Å². The Morgan fingerprint density at radius 1 is 1.44 bits per heavy atom. The number of hydrogen-bond donors (Lipinski definition) is 0. The molecule has 0 N–H and O–H groups in total. The van der Waals surface area contributed by atoms with Gasteiger partial charge in [-0.1, -0.05) is 40.8 Å². The third-order valence-electron chi connectivity index (χ3n) is 3.38. The van der Waals surface area contributed by atoms with E-state index >= 15 is 0 Å². The van der Waals surface area contributed by atoms with Crippen molar-refractivity contribution < 1.29 is 4.74 Å². The standard InChI is InChI=1S/C14H14INO2/c1-2-16-12-6-4-3-5-10(12)11-7-9(15)8-18-13(11)14(16)17/h3-6,9H,2,7-8H2,1H3. The maximum Gasteiger partial charge on any atom is 0.293 e. The monoisotopic (exact) mass is 355 g/mol. The molecule has 3 nitrogen and oxygen atoms in total. The molecule has 4 heteroatoms. The smallest absolute Gasteiger partial charge is 0.293 e. The number of aryl methyl sites for hydroxylation is 1. The highest BCUT2D eigenvalue weighted by Crippen LogP contribution is 2.31. The molecule has 2 heterocycles. The van der Waals surface area contributed by atoms with E-state index in [2.05, 4.69) is 28.7 Å². The number of hydrogen-bond acceptors (Lipinski definition) is 2. The summed E-state index contributed by atoms with van der Waals surface area (Å²) in [5.41, 5.74) is 2.10. The SMILES string of the molecule is CCn1c(=O)c2c(c3ccccc31)CC(I)CO2. The summed E-state index contributed by atoms with van der Waals surface area (Å²) in [6.45, 7) is 3.29. The summed E-state index contributed by atoms with van der Waals surface area (Å²) in [6.07, 6.45) is 0.913. The molecular formula is C14H14INO2. The number of nitrogens with zero attached hydrogens (tertiary/aromatic N) is 1. The van der Waals surface area contributed by atoms with Crippen molar-refractivity contribution in [1.29, 1.82) is 0 Å². The van der Waals surface area contributed by atoms with E-state index in [0.717, 1.165) is 22.9 Å². The van der Waals surface area contributed by atoms with Crippen LogP contribution in [0.4, 0.5) is 0 Å². The van der Waals surface area contributed by atoms with E-state index in [1.165, 1.54) is 0 Å². The van der Waals surface area contributed by atoms with E-state index in [9.17, 15) is 4.79 Å². The van der Waals surface area contributed by atoms with E-state index in [4.69, 9.17) is 4.74 Å². The van der Waals surface area contributed by atoms with Crippen LogP contribution in [0.3, 0.4) is 0 Å². The highest BCUT2D eigenvalue weighted by molar-refractivity contribution is 14.1. The van der Waals surface area contributed by atoms with Crippen LogP contribution >= 0.6 is 22.6 Å². The highest BCUT2D eigenvalue weighted by atomic mass is 127. The molecule has 1 unspecified atom stereocenters. The van der Waals surface area contributed by atoms with Crippen LogP contribution < -0.4 is 10.3 Å². The van der Waals surface area contributed by atoms with Gasteiger partial charge in [-0.2, -0.15) is 0 Å². The number of para-hydroxylation sites is 1. The fraction of sp³-hybridized carbons (Fsp3) is 0.357. The molecule has 1 aliphatic rings. The first-order valence-corrected chi connectivity index (χ1v) is 7.38. The molecule has 1 aromatic carbocycles. The number of aromatic nitrogens is 1. The predicted molar refractivity (Wildman–Crippen MR) is 80.9 cm³/mol. The molecule has 2 aromatic rings. The Morgan fingerprint density at radius 3 is 3.00 bits per heavy atom. The second-order valence-corrected chi connectivity index (χ2v) is 6.25. The van der Waals surface area contributed by atoms with Gasteiger partial charge in [-0.25, -0.2) is 0 Å². The van der Waals surface area contributed by atoms with Gasteiger partial charge in [0.2, 0.25) is 0 Å². The number of rotatable bonds is 1. The first-order chi connectivity index (χ1) is 8.72. The largest absolute Gasteiger partial charge is 0.487 e. The van der Waals surface area contributed by atoms with Gasteiger partial charge in [-0.3, -0.25) is 4.79 Å². The van der Waals surface area contributed by atoms with Crippen molar-refractivity contribution in [2.75, 3.05) is 6.61 Å². The summed E-state index contributed by atoms with van der Waals surface area (Å²) in [6, 6.07) is 8.09. The zero-order valence-electron chi connectivity index (χ0n) is 10.1. The van der Waals surface area contributed by atoms with E-state index in [-0.39, 0.29) is 5.56 Å². The molecule has 94 valence electrons. The van der Waals surface area contributed by atoms with Crippen molar-refractivity contribution in [1.82, 2.24) is 4.57 Å². The molecule has 0 saturated carbocycles. The van der Waals surface area contributed by atoms with Gasteiger partial charge in [0.15, 0.2) is 5.75 Å². The van der Waals surface area contributed by atoms with Crippen LogP contribution in [0.25, 0.3) is 10.9 Å². The Labute approximate surface area is 119 Å². The second kappa shape index (κ2) is 4.57. The Kier molecular flexibility index (Phi) is 3.05. The van der Waals surface area contributed by atoms with Gasteiger partial charge in [0.1, 0.15) is 6.61 Å². The van der Waals surface area contributed by atoms with Gasteiger partial charge in [0.05, 0.1) is 5.52 Å². The second-order valence-electron chi connectivity index (χ2n) is 4.49. The average molecular weight is 355 g/mol. The van der Waals surface area contributed by atoms with Crippen LogP contribution in [0.2, 0.25) is 0 Å². The van der Waals surface area contributed by atoms with Crippen LogP contribution in [-0.4, -0.2) is 15.1 Å². The zero-order valence-corrected chi connectivity index (χ0v) is 12.3. The summed E-state index contributed by atoms with van der Waals surface area (Å²) in [5.74, 6) is 0.559. The number of benzene rings is 1. The molecule has 18 heavy (non-hydrogen) atoms. The molecular weight excluding hydrogens is 341 g/mol. The maximum atomic E-state index is 12.4. The number of ether oxygens (including phenoxy) is 1. The van der Waals surface area contributed by atoms with Crippen LogP contribution in [0.1, 0.15) is 12.5 Å². The molecule has 0 aliphatic carbocycles. The minimum absolute atomic E-state index is 0.00880. The molecule has 1 atom stereocenters. The fourth-order valence-electron chi connectivity index (χ4n) is 2.57. The minimum Gasteiger partial charge on any atom is -0.487 e. The molecule has 0 spiro atoms. The molecule has 1 aromatic heterocycles. The van der Waals surface area contributed by atoms with Gasteiger partial charge in [-0.05, 0) is 19.4 Å². The third kappa shape index (κ3) is 1.74. The number of pyridine rings is 1. The van der Waals surface area contributed by atoms with Crippen LogP contribution in [-0.2, 0) is 13.0 Å². The maximum absolute atomic E-state index is 12.4. The van der Waals surface area contributed by atoms with E-state index in [1.54, 1.807) is 4.57 Å². The summed E-state index contributed by atoms with van der Waals surface area (Å²) in [4.78, 5) is 12.4. The summed E-state index contributed by atoms with van der Waals surface area (Å²) < 4.78 is 7.91. The predicted octanol–water partition coefficient (Wildman–Crippen LogP) is 2.76. The molecule has 3 rings (SSSR count). The number of halogens is 1. The van der Waals surface area contributed by atoms with Gasteiger partial charge < -0.3 is 9.30 Å². The summed E-state index contributed by atoms with van der Waals surface area (Å²) in [7, 11) is 0. The molecule has 0 saturated heterocycles. The van der Waals surface area contributed by atoms with Gasteiger partial charge in [-0.15, -0.1) is 0 Å². The highest BCUT2D eigenvalue weighted by Gasteiger charge is 2.24. The van der Waals surface area contributed by atoms with Crippen molar-refractivity contribution >= 4 is 33.5 Å². The lowest BCUT2D eigenvalue weighted by Gasteiger charge is -2.24.